The maximum absolute atomic E-state index is 13.1. The van der Waals surface area contributed by atoms with Crippen LogP contribution in [0.2, 0.25) is 0 Å². The molecule has 1 saturated carbocycles. The van der Waals surface area contributed by atoms with Crippen molar-refractivity contribution in [3.63, 3.8) is 0 Å². The van der Waals surface area contributed by atoms with Gasteiger partial charge in [0.25, 0.3) is 0 Å². The fraction of sp³-hybridized carbons (Fsp3) is 0.391. The number of ether oxygens (including phenoxy) is 1. The van der Waals surface area contributed by atoms with E-state index in [-0.39, 0.29) is 27.9 Å². The minimum absolute atomic E-state index is 0.0276. The smallest absolute Gasteiger partial charge is 0.416 e. The first-order chi connectivity index (χ1) is 15.5. The van der Waals surface area contributed by atoms with Gasteiger partial charge in [0.15, 0.2) is 21.8 Å². The Hall–Kier alpha value is -3.27. The highest BCUT2D eigenvalue weighted by Crippen LogP contribution is 2.35. The van der Waals surface area contributed by atoms with Gasteiger partial charge in [0.05, 0.1) is 28.1 Å². The lowest BCUT2D eigenvalue weighted by molar-refractivity contribution is 0.0575. The fourth-order valence-electron chi connectivity index (χ4n) is 3.46. The van der Waals surface area contributed by atoms with Gasteiger partial charge in [-0.1, -0.05) is 19.1 Å². The van der Waals surface area contributed by atoms with Crippen LogP contribution in [0.3, 0.4) is 0 Å². The molecule has 0 radical (unpaired) electrons. The van der Waals surface area contributed by atoms with Crippen LogP contribution in [0, 0.1) is 0 Å². The van der Waals surface area contributed by atoms with Gasteiger partial charge in [-0.05, 0) is 45.7 Å². The van der Waals surface area contributed by atoms with E-state index in [9.17, 15) is 18.0 Å². The molecule has 10 heteroatoms. The van der Waals surface area contributed by atoms with Crippen molar-refractivity contribution in [1.29, 1.82) is 0 Å². The van der Waals surface area contributed by atoms with Crippen molar-refractivity contribution < 1.29 is 22.7 Å². The molecule has 1 fully saturated rings. The van der Waals surface area contributed by atoms with Gasteiger partial charge in [-0.15, -0.1) is 0 Å². The zero-order valence-electron chi connectivity index (χ0n) is 19.0. The monoisotopic (exact) mass is 470 g/mol. The third-order valence-electron chi connectivity index (χ3n) is 5.23. The Morgan fingerprint density at radius 3 is 2.61 bits per heavy atom. The summed E-state index contributed by atoms with van der Waals surface area (Å²) >= 11 is 0. The fourth-order valence-corrected chi connectivity index (χ4v) is 4.38. The average Bonchev–Trinajstić information content (AvgIpc) is 3.50. The number of anilines is 1. The summed E-state index contributed by atoms with van der Waals surface area (Å²) in [5.74, 6) is 0.379. The number of hydrogen-bond acceptors (Lipinski definition) is 7. The van der Waals surface area contributed by atoms with E-state index in [0.717, 1.165) is 12.8 Å². The van der Waals surface area contributed by atoms with Crippen molar-refractivity contribution in [1.82, 2.24) is 14.6 Å². The van der Waals surface area contributed by atoms with Gasteiger partial charge in [0, 0.05) is 17.7 Å². The highest BCUT2D eigenvalue weighted by Gasteiger charge is 2.38. The minimum Gasteiger partial charge on any atom is -0.443 e. The lowest BCUT2D eigenvalue weighted by atomic mass is 10.1. The van der Waals surface area contributed by atoms with Crippen LogP contribution in [0.15, 0.2) is 41.4 Å². The van der Waals surface area contributed by atoms with Crippen molar-refractivity contribution in [3.05, 3.63) is 42.1 Å². The molecule has 1 aliphatic carbocycles. The first-order valence-electron chi connectivity index (χ1n) is 10.7. The molecule has 0 atom stereocenters. The van der Waals surface area contributed by atoms with E-state index in [0.29, 0.717) is 23.4 Å². The zero-order chi connectivity index (χ0) is 24.0. The average molecular weight is 471 g/mol. The van der Waals surface area contributed by atoms with Crippen molar-refractivity contribution >= 4 is 33.7 Å². The molecule has 0 bridgehead atoms. The molecular weight excluding hydrogens is 444 g/mol. The van der Waals surface area contributed by atoms with E-state index in [2.05, 4.69) is 10.1 Å². The van der Waals surface area contributed by atoms with Crippen LogP contribution >= 0.6 is 0 Å². The van der Waals surface area contributed by atoms with E-state index >= 15 is 0 Å². The molecule has 1 amide bonds. The van der Waals surface area contributed by atoms with Gasteiger partial charge in [-0.2, -0.15) is 9.61 Å². The Bertz CT molecular complexity index is 1340. The molecule has 2 heterocycles. The molecule has 0 unspecified atom stereocenters. The second-order valence-corrected chi connectivity index (χ2v) is 11.2. The second kappa shape index (κ2) is 8.26. The normalized spacial score (nSPS) is 14.3. The van der Waals surface area contributed by atoms with Crippen LogP contribution in [0.4, 0.5) is 10.6 Å². The maximum atomic E-state index is 13.1. The Morgan fingerprint density at radius 1 is 1.27 bits per heavy atom. The largest absolute Gasteiger partial charge is 0.443 e. The SMILES string of the molecule is CCS(=O)(=O)c1cccc(-c2cc(N(C(=O)OC(C)(C)C)C3CC3)n3ncc(C=O)c3n2)c1. The van der Waals surface area contributed by atoms with Crippen LogP contribution in [0.25, 0.3) is 16.9 Å². The number of nitrogens with zero attached hydrogens (tertiary/aromatic N) is 4. The van der Waals surface area contributed by atoms with Gasteiger partial charge in [-0.25, -0.2) is 18.2 Å². The van der Waals surface area contributed by atoms with E-state index in [1.165, 1.54) is 21.7 Å². The summed E-state index contributed by atoms with van der Waals surface area (Å²) in [6.45, 7) is 6.96. The third-order valence-corrected chi connectivity index (χ3v) is 6.96. The van der Waals surface area contributed by atoms with Crippen molar-refractivity contribution in [2.75, 3.05) is 10.7 Å². The molecular formula is C23H26N4O5S. The maximum Gasteiger partial charge on any atom is 0.416 e. The van der Waals surface area contributed by atoms with Gasteiger partial charge in [0.2, 0.25) is 0 Å². The summed E-state index contributed by atoms with van der Waals surface area (Å²) in [7, 11) is -3.42. The molecule has 2 aromatic heterocycles. The van der Waals surface area contributed by atoms with Gasteiger partial charge in [-0.3, -0.25) is 9.69 Å². The molecule has 0 spiro atoms. The standard InChI is InChI=1S/C23H26N4O5S/c1-5-33(30,31)18-8-6-7-15(11-18)19-12-20(27-21(25-19)16(14-28)13-24-27)26(17-9-10-17)22(29)32-23(2,3)4/h6-8,11-14,17H,5,9-10H2,1-4H3. The van der Waals surface area contributed by atoms with Gasteiger partial charge < -0.3 is 4.74 Å². The number of carbonyl (C=O) groups excluding carboxylic acids is 2. The number of aldehydes is 1. The first kappa shape index (κ1) is 22.9. The Balaban J connectivity index is 1.91. The molecule has 0 aliphatic heterocycles. The number of benzene rings is 1. The Labute approximate surface area is 192 Å². The quantitative estimate of drug-likeness (QED) is 0.502. The minimum atomic E-state index is -3.42. The van der Waals surface area contributed by atoms with Crippen molar-refractivity contribution in [3.8, 4) is 11.3 Å². The molecule has 0 N–H and O–H groups in total. The second-order valence-electron chi connectivity index (χ2n) is 8.97. The molecule has 9 nitrogen and oxygen atoms in total. The molecule has 174 valence electrons. The van der Waals surface area contributed by atoms with E-state index in [4.69, 9.17) is 4.74 Å². The lowest BCUT2D eigenvalue weighted by Crippen LogP contribution is -2.39. The van der Waals surface area contributed by atoms with Crippen LogP contribution in [-0.4, -0.2) is 52.8 Å². The summed E-state index contributed by atoms with van der Waals surface area (Å²) in [5, 5.41) is 4.28. The van der Waals surface area contributed by atoms with Gasteiger partial charge >= 0.3 is 6.09 Å². The summed E-state index contributed by atoms with van der Waals surface area (Å²) in [5.41, 5.74) is 0.806. The number of hydrogen-bond donors (Lipinski definition) is 0. The predicted molar refractivity (Wildman–Crippen MR) is 123 cm³/mol. The number of fused-ring (bicyclic) bond motifs is 1. The van der Waals surface area contributed by atoms with Crippen molar-refractivity contribution in [2.24, 2.45) is 0 Å². The first-order valence-corrected chi connectivity index (χ1v) is 12.4. The summed E-state index contributed by atoms with van der Waals surface area (Å²) in [4.78, 5) is 31.0. The van der Waals surface area contributed by atoms with Crippen LogP contribution < -0.4 is 4.90 Å². The van der Waals surface area contributed by atoms with E-state index in [1.54, 1.807) is 52.0 Å². The number of aromatic nitrogens is 3. The lowest BCUT2D eigenvalue weighted by Gasteiger charge is -2.27. The number of sulfone groups is 1. The highest BCUT2D eigenvalue weighted by molar-refractivity contribution is 7.91. The summed E-state index contributed by atoms with van der Waals surface area (Å²) in [6.07, 6.45) is 3.14. The third kappa shape index (κ3) is 4.61. The molecule has 4 rings (SSSR count). The number of rotatable bonds is 6. The summed E-state index contributed by atoms with van der Waals surface area (Å²) in [6, 6.07) is 8.08. The molecule has 1 aromatic carbocycles. The molecule has 0 saturated heterocycles. The zero-order valence-corrected chi connectivity index (χ0v) is 19.8. The Morgan fingerprint density at radius 2 is 2.00 bits per heavy atom. The van der Waals surface area contributed by atoms with Crippen LogP contribution in [0.1, 0.15) is 50.9 Å². The number of carbonyl (C=O) groups is 2. The van der Waals surface area contributed by atoms with E-state index in [1.807, 2.05) is 0 Å². The number of amides is 1. The molecule has 1 aliphatic rings. The van der Waals surface area contributed by atoms with Crippen LogP contribution in [-0.2, 0) is 14.6 Å². The highest BCUT2D eigenvalue weighted by atomic mass is 32.2. The Kier molecular flexibility index (Phi) is 5.73. The summed E-state index contributed by atoms with van der Waals surface area (Å²) < 4.78 is 31.9. The van der Waals surface area contributed by atoms with E-state index < -0.39 is 21.5 Å². The van der Waals surface area contributed by atoms with Gasteiger partial charge in [0.1, 0.15) is 11.4 Å². The van der Waals surface area contributed by atoms with Crippen LogP contribution in [0.5, 0.6) is 0 Å². The molecule has 3 aromatic rings. The molecule has 33 heavy (non-hydrogen) atoms. The van der Waals surface area contributed by atoms with Crippen molar-refractivity contribution in [2.45, 2.75) is 57.1 Å². The predicted octanol–water partition coefficient (Wildman–Crippen LogP) is 3.91. The topological polar surface area (TPSA) is 111 Å².